The van der Waals surface area contributed by atoms with Crippen molar-refractivity contribution in [3.05, 3.63) is 0 Å². The summed E-state index contributed by atoms with van der Waals surface area (Å²) in [6.07, 6.45) is 4.25. The van der Waals surface area contributed by atoms with Gasteiger partial charge in [-0.2, -0.15) is 0 Å². The van der Waals surface area contributed by atoms with Gasteiger partial charge in [-0.1, -0.05) is 6.42 Å². The van der Waals surface area contributed by atoms with E-state index in [1.165, 1.54) is 0 Å². The molecule has 2 rings (SSSR count). The van der Waals surface area contributed by atoms with Gasteiger partial charge in [0.2, 0.25) is 5.91 Å². The Morgan fingerprint density at radius 2 is 2.00 bits per heavy atom. The quantitative estimate of drug-likeness (QED) is 0.690. The smallest absolute Gasteiger partial charge is 0.318 e. The lowest BCUT2D eigenvalue weighted by molar-refractivity contribution is -0.141. The van der Waals surface area contributed by atoms with Gasteiger partial charge in [-0.15, -0.1) is 0 Å². The van der Waals surface area contributed by atoms with Crippen molar-refractivity contribution in [2.24, 2.45) is 5.41 Å². The van der Waals surface area contributed by atoms with Crippen molar-refractivity contribution in [2.45, 2.75) is 44.6 Å². The van der Waals surface area contributed by atoms with Crippen molar-refractivity contribution in [1.29, 1.82) is 0 Å². The van der Waals surface area contributed by atoms with Crippen LogP contribution in [-0.4, -0.2) is 54.1 Å². The lowest BCUT2D eigenvalue weighted by Crippen LogP contribution is -2.52. The molecule has 1 heterocycles. The van der Waals surface area contributed by atoms with Crippen LogP contribution in [0, 0.1) is 5.41 Å². The zero-order valence-electron chi connectivity index (χ0n) is 12.4. The standard InChI is InChI=1S/C14H23N3O4/c1-15-12(20)10-4-2-7-17(10)13(21)16-9-14(5-3-6-14)8-11(18)19/h10H,2-9H2,1H3,(H,15,20)(H,16,21)(H,18,19). The van der Waals surface area contributed by atoms with Crippen LogP contribution >= 0.6 is 0 Å². The average Bonchev–Trinajstić information content (AvgIpc) is 2.89. The first kappa shape index (κ1) is 15.6. The molecule has 0 radical (unpaired) electrons. The maximum atomic E-state index is 12.2. The van der Waals surface area contributed by atoms with E-state index in [9.17, 15) is 14.4 Å². The highest BCUT2D eigenvalue weighted by Crippen LogP contribution is 2.43. The molecule has 7 nitrogen and oxygen atoms in total. The Balaban J connectivity index is 1.89. The molecule has 1 saturated heterocycles. The molecule has 0 aromatic carbocycles. The molecule has 21 heavy (non-hydrogen) atoms. The molecular formula is C14H23N3O4. The average molecular weight is 297 g/mol. The van der Waals surface area contributed by atoms with Crippen molar-refractivity contribution in [3.63, 3.8) is 0 Å². The van der Waals surface area contributed by atoms with Crippen LogP contribution in [0.1, 0.15) is 38.5 Å². The summed E-state index contributed by atoms with van der Waals surface area (Å²) in [6, 6.07) is -0.676. The largest absolute Gasteiger partial charge is 0.481 e. The van der Waals surface area contributed by atoms with E-state index in [0.717, 1.165) is 25.7 Å². The fraction of sp³-hybridized carbons (Fsp3) is 0.786. The van der Waals surface area contributed by atoms with Gasteiger partial charge in [-0.05, 0) is 31.1 Å². The molecule has 0 bridgehead atoms. The number of urea groups is 1. The number of hydrogen-bond donors (Lipinski definition) is 3. The Morgan fingerprint density at radius 3 is 2.52 bits per heavy atom. The summed E-state index contributed by atoms with van der Waals surface area (Å²) >= 11 is 0. The second kappa shape index (κ2) is 6.32. The lowest BCUT2D eigenvalue weighted by atomic mass is 9.66. The maximum absolute atomic E-state index is 12.2. The monoisotopic (exact) mass is 297 g/mol. The van der Waals surface area contributed by atoms with Gasteiger partial charge in [-0.25, -0.2) is 4.79 Å². The SMILES string of the molecule is CNC(=O)C1CCCN1C(=O)NCC1(CC(=O)O)CCC1. The van der Waals surface area contributed by atoms with Gasteiger partial charge in [0, 0.05) is 20.1 Å². The van der Waals surface area contributed by atoms with E-state index in [0.29, 0.717) is 19.5 Å². The van der Waals surface area contributed by atoms with Gasteiger partial charge >= 0.3 is 12.0 Å². The molecule has 0 aromatic rings. The maximum Gasteiger partial charge on any atom is 0.318 e. The van der Waals surface area contributed by atoms with Gasteiger partial charge in [0.1, 0.15) is 6.04 Å². The van der Waals surface area contributed by atoms with Crippen molar-refractivity contribution < 1.29 is 19.5 Å². The van der Waals surface area contributed by atoms with E-state index in [1.807, 2.05) is 0 Å². The molecule has 2 fully saturated rings. The highest BCUT2D eigenvalue weighted by Gasteiger charge is 2.40. The lowest BCUT2D eigenvalue weighted by Gasteiger charge is -2.41. The Morgan fingerprint density at radius 1 is 1.29 bits per heavy atom. The van der Waals surface area contributed by atoms with E-state index in [-0.39, 0.29) is 23.8 Å². The Kier molecular flexibility index (Phi) is 4.69. The predicted molar refractivity (Wildman–Crippen MR) is 75.7 cm³/mol. The van der Waals surface area contributed by atoms with Crippen molar-refractivity contribution in [2.75, 3.05) is 20.1 Å². The number of nitrogens with zero attached hydrogens (tertiary/aromatic N) is 1. The number of likely N-dealkylation sites (tertiary alicyclic amines) is 1. The van der Waals surface area contributed by atoms with Gasteiger partial charge in [-0.3, -0.25) is 9.59 Å². The zero-order valence-corrected chi connectivity index (χ0v) is 12.4. The summed E-state index contributed by atoms with van der Waals surface area (Å²) < 4.78 is 0. The molecule has 1 saturated carbocycles. The normalized spacial score (nSPS) is 23.3. The first-order valence-corrected chi connectivity index (χ1v) is 7.45. The van der Waals surface area contributed by atoms with E-state index in [1.54, 1.807) is 11.9 Å². The number of carbonyl (C=O) groups excluding carboxylic acids is 2. The third-order valence-corrected chi connectivity index (χ3v) is 4.62. The number of nitrogens with one attached hydrogen (secondary N) is 2. The van der Waals surface area contributed by atoms with Crippen LogP contribution in [0.5, 0.6) is 0 Å². The van der Waals surface area contributed by atoms with Crippen molar-refractivity contribution >= 4 is 17.9 Å². The van der Waals surface area contributed by atoms with Crippen LogP contribution in [0.15, 0.2) is 0 Å². The summed E-state index contributed by atoms with van der Waals surface area (Å²) in [5.41, 5.74) is -0.302. The minimum Gasteiger partial charge on any atom is -0.481 e. The number of carboxylic acids is 1. The van der Waals surface area contributed by atoms with Crippen LogP contribution < -0.4 is 10.6 Å². The summed E-state index contributed by atoms with van der Waals surface area (Å²) in [5.74, 6) is -0.972. The zero-order chi connectivity index (χ0) is 15.5. The second-order valence-corrected chi connectivity index (χ2v) is 6.05. The van der Waals surface area contributed by atoms with Gasteiger partial charge in [0.15, 0.2) is 0 Å². The molecule has 0 aromatic heterocycles. The van der Waals surface area contributed by atoms with Gasteiger partial charge in [0.25, 0.3) is 0 Å². The Labute approximate surface area is 124 Å². The van der Waals surface area contributed by atoms with E-state index in [4.69, 9.17) is 5.11 Å². The van der Waals surface area contributed by atoms with E-state index in [2.05, 4.69) is 10.6 Å². The number of hydrogen-bond acceptors (Lipinski definition) is 3. The molecule has 3 amide bonds. The Bertz CT molecular complexity index is 434. The molecule has 1 aliphatic heterocycles. The molecule has 2 aliphatic rings. The fourth-order valence-electron chi connectivity index (χ4n) is 3.23. The molecule has 1 atom stereocenters. The summed E-state index contributed by atoms with van der Waals surface area (Å²) in [7, 11) is 1.56. The molecule has 3 N–H and O–H groups in total. The second-order valence-electron chi connectivity index (χ2n) is 6.05. The van der Waals surface area contributed by atoms with Crippen LogP contribution in [0.4, 0.5) is 4.79 Å². The van der Waals surface area contributed by atoms with Crippen LogP contribution in [0.3, 0.4) is 0 Å². The van der Waals surface area contributed by atoms with Crippen molar-refractivity contribution in [3.8, 4) is 0 Å². The van der Waals surface area contributed by atoms with Crippen LogP contribution in [-0.2, 0) is 9.59 Å². The number of aliphatic carboxylic acids is 1. The third kappa shape index (κ3) is 3.46. The predicted octanol–water partition coefficient (Wildman–Crippen LogP) is 0.551. The molecule has 7 heteroatoms. The Hall–Kier alpha value is -1.79. The summed E-state index contributed by atoms with van der Waals surface area (Å²) in [4.78, 5) is 36.4. The molecule has 1 unspecified atom stereocenters. The van der Waals surface area contributed by atoms with E-state index >= 15 is 0 Å². The summed E-state index contributed by atoms with van der Waals surface area (Å²) in [5, 5.41) is 14.4. The van der Waals surface area contributed by atoms with Crippen molar-refractivity contribution in [1.82, 2.24) is 15.5 Å². The number of carbonyl (C=O) groups is 3. The van der Waals surface area contributed by atoms with Crippen LogP contribution in [0.25, 0.3) is 0 Å². The number of rotatable bonds is 5. The molecule has 118 valence electrons. The highest BCUT2D eigenvalue weighted by atomic mass is 16.4. The van der Waals surface area contributed by atoms with Crippen LogP contribution in [0.2, 0.25) is 0 Å². The third-order valence-electron chi connectivity index (χ3n) is 4.62. The topological polar surface area (TPSA) is 98.7 Å². The molecule has 0 spiro atoms. The van der Waals surface area contributed by atoms with Gasteiger partial charge in [0.05, 0.1) is 6.42 Å². The number of carboxylic acid groups (broad SMARTS) is 1. The summed E-state index contributed by atoms with van der Waals surface area (Å²) in [6.45, 7) is 0.935. The first-order chi connectivity index (χ1) is 9.97. The van der Waals surface area contributed by atoms with E-state index < -0.39 is 12.0 Å². The first-order valence-electron chi connectivity index (χ1n) is 7.45. The molecule has 1 aliphatic carbocycles. The number of likely N-dealkylation sites (N-methyl/N-ethyl adjacent to an activating group) is 1. The number of amides is 3. The minimum atomic E-state index is -0.826. The fourth-order valence-corrected chi connectivity index (χ4v) is 3.23. The minimum absolute atomic E-state index is 0.0894. The van der Waals surface area contributed by atoms with Gasteiger partial charge < -0.3 is 20.6 Å². The highest BCUT2D eigenvalue weighted by molar-refractivity contribution is 5.87. The molecular weight excluding hydrogens is 274 g/mol.